The van der Waals surface area contributed by atoms with Crippen LogP contribution in [0.3, 0.4) is 0 Å². The molecule has 1 fully saturated rings. The van der Waals surface area contributed by atoms with Gasteiger partial charge in [0.2, 0.25) is 0 Å². The number of ether oxygens (including phenoxy) is 1. The molecule has 0 saturated carbocycles. The van der Waals surface area contributed by atoms with Crippen LogP contribution in [0, 0.1) is 0 Å². The second kappa shape index (κ2) is 10.2. The Kier molecular flexibility index (Phi) is 8.25. The minimum Gasteiger partial charge on any atom is -0.394 e. The van der Waals surface area contributed by atoms with Gasteiger partial charge in [0.1, 0.15) is 18.3 Å². The summed E-state index contributed by atoms with van der Waals surface area (Å²) in [5, 5.41) is 29.8. The highest BCUT2D eigenvalue weighted by molar-refractivity contribution is 7.99. The number of nitrogens with zero attached hydrogens (tertiary/aromatic N) is 2. The monoisotopic (exact) mass is 396 g/mol. The molecule has 2 heterocycles. The molecule has 0 bridgehead atoms. The number of thioether (sulfide) groups is 1. The van der Waals surface area contributed by atoms with Crippen LogP contribution >= 0.6 is 11.8 Å². The largest absolute Gasteiger partial charge is 0.394 e. The van der Waals surface area contributed by atoms with Crippen LogP contribution in [0.4, 0.5) is 0 Å². The van der Waals surface area contributed by atoms with Gasteiger partial charge in [0.25, 0.3) is 5.56 Å². The molecule has 7 nitrogen and oxygen atoms in total. The zero-order chi connectivity index (χ0) is 20.0. The molecule has 150 valence electrons. The van der Waals surface area contributed by atoms with E-state index >= 15 is 0 Å². The molecule has 1 aromatic rings. The van der Waals surface area contributed by atoms with Crippen molar-refractivity contribution in [2.45, 2.75) is 63.3 Å². The van der Waals surface area contributed by atoms with Crippen molar-refractivity contribution in [3.8, 4) is 0 Å². The third-order valence-electron chi connectivity index (χ3n) is 4.33. The van der Waals surface area contributed by atoms with Gasteiger partial charge in [0.05, 0.1) is 6.61 Å². The van der Waals surface area contributed by atoms with Crippen LogP contribution in [0.25, 0.3) is 0 Å². The summed E-state index contributed by atoms with van der Waals surface area (Å²) in [6, 6.07) is 1.28. The molecule has 1 aliphatic rings. The molecule has 1 aliphatic heterocycles. The first-order valence-electron chi connectivity index (χ1n) is 8.97. The Bertz CT molecular complexity index is 742. The zero-order valence-electron chi connectivity index (χ0n) is 15.9. The van der Waals surface area contributed by atoms with E-state index in [9.17, 15) is 20.1 Å². The first-order valence-corrected chi connectivity index (χ1v) is 9.95. The summed E-state index contributed by atoms with van der Waals surface area (Å²) >= 11 is 1.35. The molecule has 8 heteroatoms. The number of hydrogen-bond acceptors (Lipinski definition) is 7. The van der Waals surface area contributed by atoms with Gasteiger partial charge in [-0.3, -0.25) is 9.36 Å². The molecule has 27 heavy (non-hydrogen) atoms. The summed E-state index contributed by atoms with van der Waals surface area (Å²) in [6.45, 7) is 5.81. The van der Waals surface area contributed by atoms with Crippen molar-refractivity contribution < 1.29 is 20.1 Å². The second-order valence-electron chi connectivity index (χ2n) is 6.87. The number of aliphatic hydroxyl groups excluding tert-OH is 3. The maximum atomic E-state index is 11.7. The molecule has 1 saturated heterocycles. The van der Waals surface area contributed by atoms with Crippen LogP contribution in [0.2, 0.25) is 0 Å². The lowest BCUT2D eigenvalue weighted by Crippen LogP contribution is -2.33. The predicted octanol–water partition coefficient (Wildman–Crippen LogP) is 1.64. The van der Waals surface area contributed by atoms with Gasteiger partial charge in [0.15, 0.2) is 11.4 Å². The SMILES string of the molecule is CC(C)=CCC/C(C)=C/CSc1nc(=O)ccn1[C@@H]1O[C@H](CO)[C@@H](O)[C@H]1O. The lowest BCUT2D eigenvalue weighted by Gasteiger charge is -2.20. The van der Waals surface area contributed by atoms with Crippen LogP contribution in [0.1, 0.15) is 39.8 Å². The standard InChI is InChI=1S/C19H28N2O5S/c1-12(2)5-4-6-13(3)8-10-27-19-20-15(23)7-9-21(19)18-17(25)16(24)14(11-22)26-18/h5,7-9,14,16-18,22,24-25H,4,6,10-11H2,1-3H3/b13-8+/t14-,16-,17-,18-/m1/s1. The van der Waals surface area contributed by atoms with Crippen molar-refractivity contribution in [3.05, 3.63) is 45.9 Å². The van der Waals surface area contributed by atoms with Gasteiger partial charge >= 0.3 is 0 Å². The van der Waals surface area contributed by atoms with Gasteiger partial charge in [-0.1, -0.05) is 35.1 Å². The van der Waals surface area contributed by atoms with E-state index in [4.69, 9.17) is 4.74 Å². The highest BCUT2D eigenvalue weighted by Gasteiger charge is 2.43. The molecule has 4 atom stereocenters. The van der Waals surface area contributed by atoms with Gasteiger partial charge in [-0.25, -0.2) is 0 Å². The summed E-state index contributed by atoms with van der Waals surface area (Å²) in [5.41, 5.74) is 2.16. The summed E-state index contributed by atoms with van der Waals surface area (Å²) in [5.74, 6) is 0.617. The fourth-order valence-corrected chi connectivity index (χ4v) is 3.74. The number of allylic oxidation sites excluding steroid dienone is 3. The Hall–Kier alpha value is -1.45. The average Bonchev–Trinajstić information content (AvgIpc) is 2.90. The molecule has 0 radical (unpaired) electrons. The van der Waals surface area contributed by atoms with Gasteiger partial charge < -0.3 is 20.1 Å². The maximum absolute atomic E-state index is 11.7. The third kappa shape index (κ3) is 6.02. The van der Waals surface area contributed by atoms with Crippen molar-refractivity contribution in [3.63, 3.8) is 0 Å². The molecular formula is C19H28N2O5S. The van der Waals surface area contributed by atoms with E-state index in [0.717, 1.165) is 12.8 Å². The van der Waals surface area contributed by atoms with Crippen molar-refractivity contribution in [1.29, 1.82) is 0 Å². The van der Waals surface area contributed by atoms with Crippen LogP contribution in [-0.2, 0) is 4.74 Å². The lowest BCUT2D eigenvalue weighted by molar-refractivity contribution is -0.0577. The average molecular weight is 397 g/mol. The summed E-state index contributed by atoms with van der Waals surface area (Å²) in [4.78, 5) is 15.7. The Morgan fingerprint density at radius 2 is 2.04 bits per heavy atom. The van der Waals surface area contributed by atoms with Gasteiger partial charge in [0, 0.05) is 18.0 Å². The lowest BCUT2D eigenvalue weighted by atomic mass is 10.1. The first-order chi connectivity index (χ1) is 12.8. The summed E-state index contributed by atoms with van der Waals surface area (Å²) in [7, 11) is 0. The minimum atomic E-state index is -1.22. The second-order valence-corrected chi connectivity index (χ2v) is 7.85. The molecule has 0 aliphatic carbocycles. The highest BCUT2D eigenvalue weighted by atomic mass is 32.2. The Morgan fingerprint density at radius 1 is 1.30 bits per heavy atom. The molecule has 3 N–H and O–H groups in total. The van der Waals surface area contributed by atoms with E-state index < -0.39 is 31.1 Å². The van der Waals surface area contributed by atoms with Crippen molar-refractivity contribution in [2.75, 3.05) is 12.4 Å². The number of aliphatic hydroxyl groups is 3. The number of hydrogen-bond donors (Lipinski definition) is 3. The molecule has 2 rings (SSSR count). The minimum absolute atomic E-state index is 0.384. The van der Waals surface area contributed by atoms with Crippen LogP contribution in [-0.4, -0.2) is 55.5 Å². The van der Waals surface area contributed by atoms with E-state index in [-0.39, 0.29) is 5.56 Å². The highest BCUT2D eigenvalue weighted by Crippen LogP contribution is 2.31. The smallest absolute Gasteiger partial charge is 0.273 e. The van der Waals surface area contributed by atoms with E-state index in [1.807, 2.05) is 0 Å². The van der Waals surface area contributed by atoms with Crippen molar-refractivity contribution in [2.24, 2.45) is 0 Å². The van der Waals surface area contributed by atoms with Gasteiger partial charge in [-0.05, 0) is 33.6 Å². The fourth-order valence-electron chi connectivity index (χ4n) is 2.76. The molecular weight excluding hydrogens is 368 g/mol. The van der Waals surface area contributed by atoms with Crippen molar-refractivity contribution >= 4 is 11.8 Å². The Balaban J connectivity index is 2.08. The van der Waals surface area contributed by atoms with Gasteiger partial charge in [-0.15, -0.1) is 0 Å². The quantitative estimate of drug-likeness (QED) is 0.348. The number of aromatic nitrogens is 2. The van der Waals surface area contributed by atoms with E-state index in [2.05, 4.69) is 37.9 Å². The normalized spacial score (nSPS) is 25.6. The van der Waals surface area contributed by atoms with Gasteiger partial charge in [-0.2, -0.15) is 4.98 Å². The van der Waals surface area contributed by atoms with Crippen LogP contribution in [0.15, 0.2) is 45.5 Å². The zero-order valence-corrected chi connectivity index (χ0v) is 16.7. The molecule has 0 unspecified atom stereocenters. The maximum Gasteiger partial charge on any atom is 0.273 e. The molecule has 0 amide bonds. The Morgan fingerprint density at radius 3 is 2.67 bits per heavy atom. The predicted molar refractivity (Wildman–Crippen MR) is 105 cm³/mol. The molecule has 0 spiro atoms. The van der Waals surface area contributed by atoms with Crippen molar-refractivity contribution in [1.82, 2.24) is 9.55 Å². The molecule has 1 aromatic heterocycles. The van der Waals surface area contributed by atoms with Crippen LogP contribution in [0.5, 0.6) is 0 Å². The summed E-state index contributed by atoms with van der Waals surface area (Å²) in [6.07, 6.45) is 3.54. The van der Waals surface area contributed by atoms with Crippen LogP contribution < -0.4 is 5.56 Å². The Labute approximate surface area is 163 Å². The van der Waals surface area contributed by atoms with E-state index in [1.165, 1.54) is 39.7 Å². The molecule has 0 aromatic carbocycles. The third-order valence-corrected chi connectivity index (χ3v) is 5.22. The fraction of sp³-hybridized carbons (Fsp3) is 0.579. The first kappa shape index (κ1) is 21.8. The number of rotatable bonds is 8. The van der Waals surface area contributed by atoms with E-state index in [1.54, 1.807) is 0 Å². The topological polar surface area (TPSA) is 105 Å². The summed E-state index contributed by atoms with van der Waals surface area (Å²) < 4.78 is 7.07. The van der Waals surface area contributed by atoms with E-state index in [0.29, 0.717) is 10.9 Å².